The molecule has 25 heavy (non-hydrogen) atoms. The molecule has 3 aromatic carbocycles. The van der Waals surface area contributed by atoms with Gasteiger partial charge >= 0.3 is 11.8 Å². The largest absolute Gasteiger partial charge is 0.508 e. The molecule has 5 nitrogen and oxygen atoms in total. The average Bonchev–Trinajstić information content (AvgIpc) is 2.63. The monoisotopic (exact) mass is 334 g/mol. The van der Waals surface area contributed by atoms with Gasteiger partial charge in [0.2, 0.25) is 0 Å². The average molecular weight is 334 g/mol. The number of phenolic OH excluding ortho intramolecular Hbond substituents is 1. The van der Waals surface area contributed by atoms with Gasteiger partial charge in [-0.2, -0.15) is 0 Å². The lowest BCUT2D eigenvalue weighted by Crippen LogP contribution is -2.36. The van der Waals surface area contributed by atoms with Gasteiger partial charge in [-0.25, -0.2) is 0 Å². The Balaban J connectivity index is 1.53. The number of carbonyl (C=O) groups is 2. The van der Waals surface area contributed by atoms with Gasteiger partial charge in [0, 0.05) is 12.2 Å². The van der Waals surface area contributed by atoms with E-state index in [0.717, 1.165) is 16.3 Å². The molecule has 0 bridgehead atoms. The van der Waals surface area contributed by atoms with Crippen LogP contribution < -0.4 is 10.6 Å². The van der Waals surface area contributed by atoms with Gasteiger partial charge in [-0.1, -0.05) is 42.5 Å². The van der Waals surface area contributed by atoms with E-state index in [2.05, 4.69) is 10.6 Å². The lowest BCUT2D eigenvalue weighted by atomic mass is 10.1. The Bertz CT molecular complexity index is 904. The Morgan fingerprint density at radius 2 is 1.56 bits per heavy atom. The number of anilines is 1. The van der Waals surface area contributed by atoms with Crippen LogP contribution in [0.5, 0.6) is 5.75 Å². The van der Waals surface area contributed by atoms with E-state index in [1.165, 1.54) is 0 Å². The van der Waals surface area contributed by atoms with Gasteiger partial charge in [0.1, 0.15) is 5.75 Å². The van der Waals surface area contributed by atoms with Crippen LogP contribution in [0.25, 0.3) is 10.8 Å². The summed E-state index contributed by atoms with van der Waals surface area (Å²) in [5, 5.41) is 16.5. The molecule has 0 spiro atoms. The number of aromatic hydroxyl groups is 1. The molecule has 0 aliphatic carbocycles. The zero-order chi connectivity index (χ0) is 17.6. The highest BCUT2D eigenvalue weighted by molar-refractivity contribution is 6.39. The lowest BCUT2D eigenvalue weighted by molar-refractivity contribution is -0.136. The maximum atomic E-state index is 12.0. The van der Waals surface area contributed by atoms with Crippen molar-refractivity contribution in [1.82, 2.24) is 5.32 Å². The Morgan fingerprint density at radius 1 is 0.840 bits per heavy atom. The molecule has 0 aromatic heterocycles. The molecule has 0 aliphatic rings. The Hall–Kier alpha value is -3.34. The van der Waals surface area contributed by atoms with E-state index < -0.39 is 11.8 Å². The number of fused-ring (bicyclic) bond motifs is 1. The maximum absolute atomic E-state index is 12.0. The number of amides is 2. The summed E-state index contributed by atoms with van der Waals surface area (Å²) in [6.07, 6.45) is 0.579. The zero-order valence-electron chi connectivity index (χ0n) is 13.5. The fourth-order valence-electron chi connectivity index (χ4n) is 2.52. The molecule has 0 saturated carbocycles. The normalized spacial score (nSPS) is 10.4. The highest BCUT2D eigenvalue weighted by Gasteiger charge is 2.13. The molecule has 0 fully saturated rings. The fraction of sp³-hybridized carbons (Fsp3) is 0.100. The van der Waals surface area contributed by atoms with Crippen molar-refractivity contribution in [2.24, 2.45) is 0 Å². The number of hydrogen-bond donors (Lipinski definition) is 3. The Morgan fingerprint density at radius 3 is 2.32 bits per heavy atom. The summed E-state index contributed by atoms with van der Waals surface area (Å²) >= 11 is 0. The van der Waals surface area contributed by atoms with Gasteiger partial charge in [-0.15, -0.1) is 0 Å². The van der Waals surface area contributed by atoms with E-state index in [0.29, 0.717) is 18.7 Å². The second kappa shape index (κ2) is 7.49. The van der Waals surface area contributed by atoms with Crippen molar-refractivity contribution in [1.29, 1.82) is 0 Å². The van der Waals surface area contributed by atoms with Crippen molar-refractivity contribution in [3.8, 4) is 5.75 Å². The van der Waals surface area contributed by atoms with Crippen LogP contribution in [0.1, 0.15) is 5.56 Å². The van der Waals surface area contributed by atoms with Crippen LogP contribution in [0.2, 0.25) is 0 Å². The van der Waals surface area contributed by atoms with Crippen molar-refractivity contribution >= 4 is 28.3 Å². The van der Waals surface area contributed by atoms with E-state index in [4.69, 9.17) is 0 Å². The van der Waals surface area contributed by atoms with E-state index in [-0.39, 0.29) is 5.75 Å². The fourth-order valence-corrected chi connectivity index (χ4v) is 2.52. The predicted molar refractivity (Wildman–Crippen MR) is 97.4 cm³/mol. The second-order valence-corrected chi connectivity index (χ2v) is 5.69. The summed E-state index contributed by atoms with van der Waals surface area (Å²) < 4.78 is 0. The van der Waals surface area contributed by atoms with Gasteiger partial charge in [-0.05, 0) is 47.0 Å². The maximum Gasteiger partial charge on any atom is 0.313 e. The van der Waals surface area contributed by atoms with Crippen molar-refractivity contribution in [2.75, 3.05) is 11.9 Å². The first kappa shape index (κ1) is 16.5. The van der Waals surface area contributed by atoms with Crippen LogP contribution >= 0.6 is 0 Å². The minimum Gasteiger partial charge on any atom is -0.508 e. The van der Waals surface area contributed by atoms with E-state index >= 15 is 0 Å². The van der Waals surface area contributed by atoms with Gasteiger partial charge in [0.05, 0.1) is 0 Å². The molecular formula is C20H18N2O3. The first-order chi connectivity index (χ1) is 12.1. The van der Waals surface area contributed by atoms with Crippen LogP contribution in [-0.4, -0.2) is 23.5 Å². The topological polar surface area (TPSA) is 78.4 Å². The number of carbonyl (C=O) groups excluding carboxylic acids is 2. The second-order valence-electron chi connectivity index (χ2n) is 5.69. The SMILES string of the molecule is O=C(NCCc1ccc(O)cc1)C(=O)Nc1ccc2ccccc2c1. The molecule has 126 valence electrons. The molecule has 0 atom stereocenters. The van der Waals surface area contributed by atoms with E-state index in [1.54, 1.807) is 30.3 Å². The molecule has 5 heteroatoms. The van der Waals surface area contributed by atoms with Gasteiger partial charge in [0.25, 0.3) is 0 Å². The first-order valence-electron chi connectivity index (χ1n) is 7.98. The summed E-state index contributed by atoms with van der Waals surface area (Å²) in [5.41, 5.74) is 1.55. The van der Waals surface area contributed by atoms with Crippen LogP contribution in [0.15, 0.2) is 66.7 Å². The quantitative estimate of drug-likeness (QED) is 0.642. The summed E-state index contributed by atoms with van der Waals surface area (Å²) in [4.78, 5) is 23.9. The third-order valence-corrected chi connectivity index (χ3v) is 3.85. The predicted octanol–water partition coefficient (Wildman–Crippen LogP) is 2.84. The number of rotatable bonds is 4. The Kier molecular flexibility index (Phi) is 4.95. The molecular weight excluding hydrogens is 316 g/mol. The number of nitrogens with one attached hydrogen (secondary N) is 2. The van der Waals surface area contributed by atoms with E-state index in [9.17, 15) is 14.7 Å². The van der Waals surface area contributed by atoms with Crippen LogP contribution in [-0.2, 0) is 16.0 Å². The summed E-state index contributed by atoms with van der Waals surface area (Å²) in [6, 6.07) is 20.0. The molecule has 0 aliphatic heterocycles. The standard InChI is InChI=1S/C20H18N2O3/c23-18-9-5-14(6-10-18)11-12-21-19(24)20(25)22-17-8-7-15-3-1-2-4-16(15)13-17/h1-10,13,23H,11-12H2,(H,21,24)(H,22,25). The Labute approximate surface area is 145 Å². The van der Waals surface area contributed by atoms with Crippen LogP contribution in [0.4, 0.5) is 5.69 Å². The van der Waals surface area contributed by atoms with Crippen LogP contribution in [0.3, 0.4) is 0 Å². The summed E-state index contributed by atoms with van der Waals surface area (Å²) in [7, 11) is 0. The van der Waals surface area contributed by atoms with Crippen molar-refractivity contribution in [3.05, 3.63) is 72.3 Å². The van der Waals surface area contributed by atoms with Gasteiger partial charge in [-0.3, -0.25) is 9.59 Å². The van der Waals surface area contributed by atoms with Gasteiger partial charge in [0.15, 0.2) is 0 Å². The number of benzene rings is 3. The summed E-state index contributed by atoms with van der Waals surface area (Å²) in [6.45, 7) is 0.342. The lowest BCUT2D eigenvalue weighted by Gasteiger charge is -2.08. The minimum atomic E-state index is -0.694. The molecule has 0 unspecified atom stereocenters. The summed E-state index contributed by atoms with van der Waals surface area (Å²) in [5.74, 6) is -1.17. The van der Waals surface area contributed by atoms with Gasteiger partial charge < -0.3 is 15.7 Å². The van der Waals surface area contributed by atoms with Crippen LogP contribution in [0, 0.1) is 0 Å². The van der Waals surface area contributed by atoms with E-state index in [1.807, 2.05) is 36.4 Å². The number of hydrogen-bond acceptors (Lipinski definition) is 3. The molecule has 3 rings (SSSR count). The van der Waals surface area contributed by atoms with Crippen molar-refractivity contribution in [2.45, 2.75) is 6.42 Å². The molecule has 3 N–H and O–H groups in total. The molecule has 3 aromatic rings. The smallest absolute Gasteiger partial charge is 0.313 e. The van der Waals surface area contributed by atoms with Crippen molar-refractivity contribution < 1.29 is 14.7 Å². The highest BCUT2D eigenvalue weighted by atomic mass is 16.3. The van der Waals surface area contributed by atoms with Crippen molar-refractivity contribution in [3.63, 3.8) is 0 Å². The molecule has 2 amide bonds. The third-order valence-electron chi connectivity index (χ3n) is 3.85. The first-order valence-corrected chi connectivity index (χ1v) is 7.98. The number of phenols is 1. The molecule has 0 heterocycles. The highest BCUT2D eigenvalue weighted by Crippen LogP contribution is 2.18. The molecule has 0 radical (unpaired) electrons. The molecule has 0 saturated heterocycles. The zero-order valence-corrected chi connectivity index (χ0v) is 13.5. The third kappa shape index (κ3) is 4.35. The minimum absolute atomic E-state index is 0.197.